The lowest BCUT2D eigenvalue weighted by Gasteiger charge is -2.35. The summed E-state index contributed by atoms with van der Waals surface area (Å²) in [6.45, 7) is 5.87. The summed E-state index contributed by atoms with van der Waals surface area (Å²) in [4.78, 5) is 29.0. The average molecular weight is 556 g/mol. The van der Waals surface area contributed by atoms with E-state index in [4.69, 9.17) is 32.7 Å². The highest BCUT2D eigenvalue weighted by Gasteiger charge is 2.36. The fraction of sp³-hybridized carbons (Fsp3) is 0.414. The molecule has 1 aliphatic carbocycles. The highest BCUT2D eigenvalue weighted by atomic mass is 35.5. The molecule has 9 heteroatoms. The predicted octanol–water partition coefficient (Wildman–Crippen LogP) is 5.71. The minimum atomic E-state index is -0.284. The monoisotopic (exact) mass is 555 g/mol. The van der Waals surface area contributed by atoms with Crippen LogP contribution in [-0.2, 0) is 18.3 Å². The molecule has 0 amide bonds. The topological polar surface area (TPSA) is 73.7 Å². The molecule has 2 aliphatic rings. The first-order valence-electron chi connectivity index (χ1n) is 12.9. The van der Waals surface area contributed by atoms with Gasteiger partial charge >= 0.3 is 0 Å². The number of hydrogen-bond acceptors (Lipinski definition) is 6. The molecule has 1 aromatic heterocycles. The third-order valence-electron chi connectivity index (χ3n) is 6.96. The first kappa shape index (κ1) is 26.9. The molecule has 2 unspecified atom stereocenters. The van der Waals surface area contributed by atoms with Crippen LogP contribution in [0.1, 0.15) is 70.1 Å². The van der Waals surface area contributed by atoms with Gasteiger partial charge in [0.05, 0.1) is 22.9 Å². The van der Waals surface area contributed by atoms with Crippen LogP contribution in [0.2, 0.25) is 10.0 Å². The van der Waals surface area contributed by atoms with Crippen molar-refractivity contribution in [2.24, 2.45) is 7.05 Å². The van der Waals surface area contributed by atoms with Crippen LogP contribution in [0.4, 0.5) is 0 Å². The summed E-state index contributed by atoms with van der Waals surface area (Å²) in [6, 6.07) is 12.3. The highest BCUT2D eigenvalue weighted by molar-refractivity contribution is 6.39. The minimum Gasteiger partial charge on any atom is -0.469 e. The maximum absolute atomic E-state index is 14.0. The molecule has 1 saturated heterocycles. The zero-order valence-corrected chi connectivity index (χ0v) is 23.3. The van der Waals surface area contributed by atoms with Crippen LogP contribution in [0.15, 0.2) is 42.5 Å². The molecular weight excluding hydrogens is 525 g/mol. The summed E-state index contributed by atoms with van der Waals surface area (Å²) in [6.07, 6.45) is 2.09. The van der Waals surface area contributed by atoms with Crippen molar-refractivity contribution in [2.45, 2.75) is 51.4 Å². The fourth-order valence-electron chi connectivity index (χ4n) is 5.08. The largest absolute Gasteiger partial charge is 0.469 e. The Hall–Kier alpha value is -2.71. The number of benzene rings is 2. The van der Waals surface area contributed by atoms with E-state index in [1.807, 2.05) is 19.9 Å². The molecule has 200 valence electrons. The Morgan fingerprint density at radius 2 is 1.74 bits per heavy atom. The highest BCUT2D eigenvalue weighted by Crippen LogP contribution is 2.44. The molecule has 1 saturated carbocycles. The standard InChI is InChI=1S/C29H31Cl2N3O4/c1-17-13-34(14-18(2)38-17)15-22-23(30)12-11-21(26(22)31)28(36)25-27(20-9-10-20)32-33(3)29(25)37-16-24(35)19-7-5-4-6-8-19/h4-8,11-12,17-18,20H,9-10,13-16H2,1-3H3. The molecule has 38 heavy (non-hydrogen) atoms. The van der Waals surface area contributed by atoms with Gasteiger partial charge in [0.2, 0.25) is 11.7 Å². The van der Waals surface area contributed by atoms with Crippen LogP contribution in [0.5, 0.6) is 5.88 Å². The van der Waals surface area contributed by atoms with E-state index in [0.717, 1.165) is 25.9 Å². The van der Waals surface area contributed by atoms with Crippen LogP contribution in [0, 0.1) is 0 Å². The van der Waals surface area contributed by atoms with Crippen molar-refractivity contribution in [3.63, 3.8) is 0 Å². The van der Waals surface area contributed by atoms with Gasteiger partial charge in [-0.05, 0) is 38.8 Å². The molecule has 7 nitrogen and oxygen atoms in total. The third-order valence-corrected chi connectivity index (χ3v) is 7.74. The lowest BCUT2D eigenvalue weighted by molar-refractivity contribution is -0.0704. The van der Waals surface area contributed by atoms with Crippen LogP contribution in [-0.4, -0.2) is 58.2 Å². The normalized spacial score (nSPS) is 19.9. The van der Waals surface area contributed by atoms with Gasteiger partial charge in [-0.3, -0.25) is 14.5 Å². The van der Waals surface area contributed by atoms with Crippen molar-refractivity contribution in [3.8, 4) is 5.88 Å². The number of morpholine rings is 1. The number of rotatable bonds is 9. The molecule has 3 aromatic rings. The Balaban J connectivity index is 1.45. The first-order chi connectivity index (χ1) is 18.2. The zero-order valence-electron chi connectivity index (χ0n) is 21.7. The second-order valence-corrected chi connectivity index (χ2v) is 11.0. The smallest absolute Gasteiger partial charge is 0.223 e. The first-order valence-corrected chi connectivity index (χ1v) is 13.7. The number of ketones is 2. The molecule has 2 aromatic carbocycles. The molecule has 5 rings (SSSR count). The number of carbonyl (C=O) groups is 2. The quantitative estimate of drug-likeness (QED) is 0.315. The predicted molar refractivity (Wildman–Crippen MR) is 147 cm³/mol. The van der Waals surface area contributed by atoms with Crippen LogP contribution >= 0.6 is 23.2 Å². The zero-order chi connectivity index (χ0) is 27.0. The van der Waals surface area contributed by atoms with Crippen molar-refractivity contribution in [1.82, 2.24) is 14.7 Å². The second kappa shape index (κ2) is 11.2. The molecule has 1 aliphatic heterocycles. The molecule has 2 atom stereocenters. The maximum Gasteiger partial charge on any atom is 0.223 e. The van der Waals surface area contributed by atoms with Crippen molar-refractivity contribution >= 4 is 34.8 Å². The van der Waals surface area contributed by atoms with E-state index in [1.54, 1.807) is 48.1 Å². The molecule has 0 radical (unpaired) electrons. The number of ether oxygens (including phenoxy) is 2. The number of nitrogens with zero attached hydrogens (tertiary/aromatic N) is 3. The van der Waals surface area contributed by atoms with Crippen LogP contribution < -0.4 is 4.74 Å². The van der Waals surface area contributed by atoms with Crippen molar-refractivity contribution < 1.29 is 19.1 Å². The Morgan fingerprint density at radius 3 is 2.39 bits per heavy atom. The second-order valence-electron chi connectivity index (χ2n) is 10.2. The van der Waals surface area contributed by atoms with E-state index in [1.165, 1.54) is 0 Å². The average Bonchev–Trinajstić information content (AvgIpc) is 3.68. The SMILES string of the molecule is CC1CN(Cc2c(Cl)ccc(C(=O)c3c(C4CC4)nn(C)c3OCC(=O)c3ccccc3)c2Cl)CC(C)O1. The van der Waals surface area contributed by atoms with Gasteiger partial charge < -0.3 is 9.47 Å². The summed E-state index contributed by atoms with van der Waals surface area (Å²) in [5.74, 6) is -0.0125. The molecule has 0 N–H and O–H groups in total. The molecule has 0 bridgehead atoms. The van der Waals surface area contributed by atoms with Crippen LogP contribution in [0.3, 0.4) is 0 Å². The number of hydrogen-bond donors (Lipinski definition) is 0. The Kier molecular flexibility index (Phi) is 7.91. The van der Waals surface area contributed by atoms with Crippen LogP contribution in [0.25, 0.3) is 0 Å². The number of aryl methyl sites for hydroxylation is 1. The lowest BCUT2D eigenvalue weighted by atomic mass is 9.99. The van der Waals surface area contributed by atoms with Crippen molar-refractivity contribution in [1.29, 1.82) is 0 Å². The fourth-order valence-corrected chi connectivity index (χ4v) is 5.66. The number of carbonyl (C=O) groups excluding carboxylic acids is 2. The van der Waals surface area contributed by atoms with Crippen molar-refractivity contribution in [2.75, 3.05) is 19.7 Å². The van der Waals surface area contributed by atoms with Gasteiger partial charge in [0.25, 0.3) is 0 Å². The van der Waals surface area contributed by atoms with Gasteiger partial charge in [-0.1, -0.05) is 53.5 Å². The Labute approximate surface area is 232 Å². The summed E-state index contributed by atoms with van der Waals surface area (Å²) >= 11 is 13.5. The lowest BCUT2D eigenvalue weighted by Crippen LogP contribution is -2.44. The summed E-state index contributed by atoms with van der Waals surface area (Å²) in [5.41, 5.74) is 2.64. The van der Waals surface area contributed by atoms with Gasteiger partial charge in [0, 0.05) is 54.3 Å². The van der Waals surface area contributed by atoms with E-state index in [2.05, 4.69) is 10.00 Å². The number of halogens is 2. The summed E-state index contributed by atoms with van der Waals surface area (Å²) in [5, 5.41) is 5.45. The number of Topliss-reactive ketones (excluding diaryl/α,β-unsaturated/α-hetero) is 1. The maximum atomic E-state index is 14.0. The van der Waals surface area contributed by atoms with E-state index in [9.17, 15) is 9.59 Å². The van der Waals surface area contributed by atoms with Gasteiger partial charge in [-0.2, -0.15) is 5.10 Å². The van der Waals surface area contributed by atoms with Gasteiger partial charge in [0.1, 0.15) is 5.56 Å². The minimum absolute atomic E-state index is 0.0934. The van der Waals surface area contributed by atoms with E-state index < -0.39 is 0 Å². The van der Waals surface area contributed by atoms with Gasteiger partial charge in [-0.25, -0.2) is 4.68 Å². The van der Waals surface area contributed by atoms with E-state index in [-0.39, 0.29) is 42.2 Å². The third kappa shape index (κ3) is 5.66. The van der Waals surface area contributed by atoms with E-state index >= 15 is 0 Å². The molecule has 2 heterocycles. The Morgan fingerprint density at radius 1 is 1.05 bits per heavy atom. The molecule has 2 fully saturated rings. The summed E-state index contributed by atoms with van der Waals surface area (Å²) in [7, 11) is 1.72. The molecular formula is C29H31Cl2N3O4. The number of aromatic nitrogens is 2. The molecule has 0 spiro atoms. The van der Waals surface area contributed by atoms with Gasteiger partial charge in [0.15, 0.2) is 12.4 Å². The van der Waals surface area contributed by atoms with Crippen molar-refractivity contribution in [3.05, 3.63) is 80.5 Å². The van der Waals surface area contributed by atoms with Gasteiger partial charge in [-0.15, -0.1) is 0 Å². The van der Waals surface area contributed by atoms with E-state index in [0.29, 0.717) is 44.5 Å². The summed E-state index contributed by atoms with van der Waals surface area (Å²) < 4.78 is 13.4. The Bertz CT molecular complexity index is 1340.